The molecule has 108 valence electrons. The molecule has 3 rings (SSSR count). The van der Waals surface area contributed by atoms with Gasteiger partial charge >= 0.3 is 0 Å². The number of aryl methyl sites for hydroxylation is 1. The molecule has 2 aromatic rings. The van der Waals surface area contributed by atoms with Gasteiger partial charge in [-0.1, -0.05) is 29.0 Å². The molecule has 1 amide bonds. The number of nitrogens with zero attached hydrogens (tertiary/aromatic N) is 3. The van der Waals surface area contributed by atoms with Crippen LogP contribution in [0.15, 0.2) is 36.9 Å². The minimum Gasteiger partial charge on any atom is -0.347 e. The second-order valence-corrected chi connectivity index (χ2v) is 5.34. The molecule has 1 fully saturated rings. The van der Waals surface area contributed by atoms with Gasteiger partial charge in [0.2, 0.25) is 0 Å². The van der Waals surface area contributed by atoms with E-state index in [2.05, 4.69) is 22.2 Å². The normalized spacial score (nSPS) is 14.0. The van der Waals surface area contributed by atoms with E-state index in [0.29, 0.717) is 18.2 Å². The molecule has 0 unspecified atom stereocenters. The number of hydrogen-bond donors (Lipinski definition) is 1. The van der Waals surface area contributed by atoms with Crippen LogP contribution in [-0.2, 0) is 0 Å². The Bertz CT molecular complexity index is 668. The lowest BCUT2D eigenvalue weighted by Crippen LogP contribution is -2.24. The molecule has 1 N–H and O–H groups in total. The van der Waals surface area contributed by atoms with E-state index < -0.39 is 0 Å². The number of nitrogens with one attached hydrogen (secondary N) is 1. The fourth-order valence-corrected chi connectivity index (χ4v) is 2.30. The summed E-state index contributed by atoms with van der Waals surface area (Å²) in [5, 5.41) is 11.1. The van der Waals surface area contributed by atoms with Crippen LogP contribution in [0.3, 0.4) is 0 Å². The van der Waals surface area contributed by atoms with Gasteiger partial charge in [-0.3, -0.25) is 4.79 Å². The van der Waals surface area contributed by atoms with Crippen molar-refractivity contribution in [2.24, 2.45) is 0 Å². The minimum absolute atomic E-state index is 0.185. The van der Waals surface area contributed by atoms with E-state index in [-0.39, 0.29) is 5.91 Å². The van der Waals surface area contributed by atoms with Gasteiger partial charge in [0.15, 0.2) is 5.69 Å². The molecular formula is C16H18N4O. The number of aromatic nitrogens is 3. The van der Waals surface area contributed by atoms with Crippen LogP contribution in [0.2, 0.25) is 0 Å². The fourth-order valence-electron chi connectivity index (χ4n) is 2.30. The van der Waals surface area contributed by atoms with Gasteiger partial charge in [-0.25, -0.2) is 4.68 Å². The van der Waals surface area contributed by atoms with Crippen molar-refractivity contribution in [3.05, 3.63) is 53.9 Å². The van der Waals surface area contributed by atoms with Gasteiger partial charge in [-0.15, -0.1) is 11.7 Å². The first-order valence-electron chi connectivity index (χ1n) is 7.12. The monoisotopic (exact) mass is 282 g/mol. The van der Waals surface area contributed by atoms with E-state index in [1.54, 1.807) is 10.8 Å². The molecular weight excluding hydrogens is 264 g/mol. The maximum absolute atomic E-state index is 12.2. The van der Waals surface area contributed by atoms with E-state index >= 15 is 0 Å². The third-order valence-electron chi connectivity index (χ3n) is 3.57. The molecule has 5 nitrogen and oxygen atoms in total. The van der Waals surface area contributed by atoms with Gasteiger partial charge in [0, 0.05) is 12.5 Å². The standard InChI is InChI=1S/C16H18N4O/c1-3-10-17-16(21)14-15(12-6-7-12)20(19-18-14)13-8-4-11(2)5-9-13/h3-5,8-9,12H,1,6-7,10H2,2H3,(H,17,21). The van der Waals surface area contributed by atoms with Crippen molar-refractivity contribution in [2.45, 2.75) is 25.7 Å². The summed E-state index contributed by atoms with van der Waals surface area (Å²) in [5.74, 6) is 0.195. The second kappa shape index (κ2) is 5.52. The molecule has 1 saturated carbocycles. The van der Waals surface area contributed by atoms with Crippen molar-refractivity contribution in [3.8, 4) is 5.69 Å². The third-order valence-corrected chi connectivity index (χ3v) is 3.57. The number of rotatable bonds is 5. The average Bonchev–Trinajstić information content (AvgIpc) is 3.24. The Morgan fingerprint density at radius 2 is 2.14 bits per heavy atom. The summed E-state index contributed by atoms with van der Waals surface area (Å²) < 4.78 is 1.79. The van der Waals surface area contributed by atoms with Crippen molar-refractivity contribution in [2.75, 3.05) is 6.54 Å². The predicted octanol–water partition coefficient (Wildman–Crippen LogP) is 2.37. The Hall–Kier alpha value is -2.43. The fraction of sp³-hybridized carbons (Fsp3) is 0.312. The summed E-state index contributed by atoms with van der Waals surface area (Å²) in [4.78, 5) is 12.2. The lowest BCUT2D eigenvalue weighted by Gasteiger charge is -2.07. The number of amides is 1. The molecule has 21 heavy (non-hydrogen) atoms. The Labute approximate surface area is 123 Å². The van der Waals surface area contributed by atoms with Crippen LogP contribution in [0.4, 0.5) is 0 Å². The summed E-state index contributed by atoms with van der Waals surface area (Å²) in [6.07, 6.45) is 3.82. The van der Waals surface area contributed by atoms with Crippen molar-refractivity contribution < 1.29 is 4.79 Å². The summed E-state index contributed by atoms with van der Waals surface area (Å²) in [6, 6.07) is 8.07. The van der Waals surface area contributed by atoms with Gasteiger partial charge < -0.3 is 5.32 Å². The molecule has 1 aliphatic carbocycles. The van der Waals surface area contributed by atoms with Gasteiger partial charge in [-0.2, -0.15) is 0 Å². The van der Waals surface area contributed by atoms with Crippen LogP contribution in [0.1, 0.15) is 40.5 Å². The van der Waals surface area contributed by atoms with Crippen LogP contribution in [-0.4, -0.2) is 27.4 Å². The number of carbonyl (C=O) groups excluding carboxylic acids is 1. The highest BCUT2D eigenvalue weighted by Crippen LogP contribution is 2.41. The number of carbonyl (C=O) groups is 1. The van der Waals surface area contributed by atoms with Crippen LogP contribution in [0, 0.1) is 6.92 Å². The zero-order valence-corrected chi connectivity index (χ0v) is 12.0. The van der Waals surface area contributed by atoms with Gasteiger partial charge in [0.25, 0.3) is 5.91 Å². The predicted molar refractivity (Wildman–Crippen MR) is 80.6 cm³/mol. The summed E-state index contributed by atoms with van der Waals surface area (Å²) in [5.41, 5.74) is 3.48. The molecule has 0 spiro atoms. The molecule has 1 aromatic heterocycles. The molecule has 0 atom stereocenters. The molecule has 0 aliphatic heterocycles. The molecule has 0 saturated heterocycles. The van der Waals surface area contributed by atoms with Crippen molar-refractivity contribution in [1.29, 1.82) is 0 Å². The number of hydrogen-bond acceptors (Lipinski definition) is 3. The molecule has 0 bridgehead atoms. The van der Waals surface area contributed by atoms with Crippen LogP contribution in [0.5, 0.6) is 0 Å². The molecule has 0 radical (unpaired) electrons. The van der Waals surface area contributed by atoms with Crippen LogP contribution in [0.25, 0.3) is 5.69 Å². The maximum Gasteiger partial charge on any atom is 0.274 e. The quantitative estimate of drug-likeness (QED) is 0.856. The molecule has 1 heterocycles. The zero-order chi connectivity index (χ0) is 14.8. The van der Waals surface area contributed by atoms with E-state index in [9.17, 15) is 4.79 Å². The van der Waals surface area contributed by atoms with Crippen LogP contribution >= 0.6 is 0 Å². The van der Waals surface area contributed by atoms with Crippen molar-refractivity contribution in [3.63, 3.8) is 0 Å². The largest absolute Gasteiger partial charge is 0.347 e. The molecule has 1 aliphatic rings. The van der Waals surface area contributed by atoms with E-state index in [1.165, 1.54) is 5.56 Å². The van der Waals surface area contributed by atoms with E-state index in [4.69, 9.17) is 0 Å². The first-order valence-corrected chi connectivity index (χ1v) is 7.12. The molecule has 1 aromatic carbocycles. The smallest absolute Gasteiger partial charge is 0.274 e. The Morgan fingerprint density at radius 3 is 2.76 bits per heavy atom. The van der Waals surface area contributed by atoms with Crippen molar-refractivity contribution >= 4 is 5.91 Å². The van der Waals surface area contributed by atoms with Crippen LogP contribution < -0.4 is 5.32 Å². The average molecular weight is 282 g/mol. The van der Waals surface area contributed by atoms with Gasteiger partial charge in [0.1, 0.15) is 0 Å². The second-order valence-electron chi connectivity index (χ2n) is 5.34. The number of benzene rings is 1. The summed E-state index contributed by atoms with van der Waals surface area (Å²) in [6.45, 7) is 6.07. The summed E-state index contributed by atoms with van der Waals surface area (Å²) >= 11 is 0. The highest BCUT2D eigenvalue weighted by molar-refractivity contribution is 5.93. The Balaban J connectivity index is 1.98. The van der Waals surface area contributed by atoms with Crippen molar-refractivity contribution in [1.82, 2.24) is 20.3 Å². The Kier molecular flexibility index (Phi) is 3.56. The lowest BCUT2D eigenvalue weighted by atomic mass is 10.2. The maximum atomic E-state index is 12.2. The zero-order valence-electron chi connectivity index (χ0n) is 12.0. The highest BCUT2D eigenvalue weighted by Gasteiger charge is 2.34. The summed E-state index contributed by atoms with van der Waals surface area (Å²) in [7, 11) is 0. The SMILES string of the molecule is C=CCNC(=O)c1nnn(-c2ccc(C)cc2)c1C1CC1. The topological polar surface area (TPSA) is 59.8 Å². The van der Waals surface area contributed by atoms with Gasteiger partial charge in [0.05, 0.1) is 11.4 Å². The Morgan fingerprint density at radius 1 is 1.43 bits per heavy atom. The van der Waals surface area contributed by atoms with E-state index in [0.717, 1.165) is 24.2 Å². The minimum atomic E-state index is -0.185. The van der Waals surface area contributed by atoms with E-state index in [1.807, 2.05) is 31.2 Å². The lowest BCUT2D eigenvalue weighted by molar-refractivity contribution is 0.0952. The first kappa shape index (κ1) is 13.5. The first-order chi connectivity index (χ1) is 10.2. The molecule has 5 heteroatoms. The van der Waals surface area contributed by atoms with Gasteiger partial charge in [-0.05, 0) is 31.9 Å². The third kappa shape index (κ3) is 2.72. The highest BCUT2D eigenvalue weighted by atomic mass is 16.2.